The van der Waals surface area contributed by atoms with E-state index >= 15 is 0 Å². The van der Waals surface area contributed by atoms with Crippen molar-refractivity contribution in [3.8, 4) is 11.5 Å². The lowest BCUT2D eigenvalue weighted by Gasteiger charge is -2.33. The highest BCUT2D eigenvalue weighted by molar-refractivity contribution is 6.44. The van der Waals surface area contributed by atoms with Crippen molar-refractivity contribution in [3.05, 3.63) is 82.9 Å². The van der Waals surface area contributed by atoms with Crippen molar-refractivity contribution in [3.63, 3.8) is 0 Å². The number of amidine groups is 1. The number of para-hydroxylation sites is 1. The molecule has 0 radical (unpaired) electrons. The molecule has 7 heteroatoms. The van der Waals surface area contributed by atoms with Crippen LogP contribution in [0.2, 0.25) is 5.02 Å². The second-order valence-corrected chi connectivity index (χ2v) is 8.10. The van der Waals surface area contributed by atoms with E-state index in [1.807, 2.05) is 78.4 Å². The van der Waals surface area contributed by atoms with E-state index < -0.39 is 6.17 Å². The summed E-state index contributed by atoms with van der Waals surface area (Å²) < 4.78 is 11.3. The summed E-state index contributed by atoms with van der Waals surface area (Å²) in [5.74, 6) is 1.44. The molecule has 0 fully saturated rings. The number of anilines is 2. The minimum absolute atomic E-state index is 0.157. The van der Waals surface area contributed by atoms with Crippen LogP contribution >= 0.6 is 11.6 Å². The predicted octanol–water partition coefficient (Wildman–Crippen LogP) is 5.98. The number of ketones is 1. The van der Waals surface area contributed by atoms with Gasteiger partial charge in [0.15, 0.2) is 17.8 Å². The second-order valence-electron chi connectivity index (χ2n) is 7.69. The van der Waals surface area contributed by atoms with Crippen LogP contribution in [-0.4, -0.2) is 25.3 Å². The lowest BCUT2D eigenvalue weighted by atomic mass is 10.1. The number of carbonyl (C=O) groups is 1. The number of halogens is 1. The highest BCUT2D eigenvalue weighted by Crippen LogP contribution is 2.43. The molecule has 0 bridgehead atoms. The molecule has 0 aromatic heterocycles. The van der Waals surface area contributed by atoms with E-state index in [0.29, 0.717) is 23.2 Å². The molecule has 1 aliphatic heterocycles. The van der Waals surface area contributed by atoms with Crippen molar-refractivity contribution in [2.24, 2.45) is 5.10 Å². The van der Waals surface area contributed by atoms with E-state index in [4.69, 9.17) is 26.2 Å². The van der Waals surface area contributed by atoms with Crippen LogP contribution in [-0.2, 0) is 4.79 Å². The van der Waals surface area contributed by atoms with Gasteiger partial charge in [-0.1, -0.05) is 47.5 Å². The van der Waals surface area contributed by atoms with Crippen molar-refractivity contribution in [2.45, 2.75) is 26.9 Å². The molecule has 0 amide bonds. The van der Waals surface area contributed by atoms with Gasteiger partial charge >= 0.3 is 0 Å². The standard InChI is InChI=1S/C26H26ClN3O3/c1-5-33-23-9-7-6-8-21(23)26-29(20-14-15-24(32-4)22(27)16-20)25(18(3)31)28-30(26)19-12-10-17(2)11-13-19/h6-16,26H,5H2,1-4H3/t26-/m1/s1. The lowest BCUT2D eigenvalue weighted by Crippen LogP contribution is -2.38. The fraction of sp³-hybridized carbons (Fsp3) is 0.231. The Morgan fingerprint density at radius 2 is 1.73 bits per heavy atom. The van der Waals surface area contributed by atoms with Crippen molar-refractivity contribution >= 4 is 34.6 Å². The predicted molar refractivity (Wildman–Crippen MR) is 133 cm³/mol. The average molecular weight is 464 g/mol. The molecule has 1 aliphatic rings. The van der Waals surface area contributed by atoms with Gasteiger partial charge < -0.3 is 9.47 Å². The fourth-order valence-corrected chi connectivity index (χ4v) is 4.14. The van der Waals surface area contributed by atoms with Crippen LogP contribution in [0.1, 0.15) is 31.1 Å². The second kappa shape index (κ2) is 9.55. The third-order valence-corrected chi connectivity index (χ3v) is 5.73. The first-order chi connectivity index (χ1) is 15.9. The summed E-state index contributed by atoms with van der Waals surface area (Å²) in [5, 5.41) is 7.07. The summed E-state index contributed by atoms with van der Waals surface area (Å²) in [5.41, 5.74) is 3.60. The SMILES string of the molecule is CCOc1ccccc1[C@H]1N(c2ccc(C)cc2)N=C(C(C)=O)N1c1ccc(OC)c(Cl)c1. The number of benzene rings is 3. The number of aryl methyl sites for hydroxylation is 1. The van der Waals surface area contributed by atoms with Gasteiger partial charge in [-0.3, -0.25) is 9.69 Å². The van der Waals surface area contributed by atoms with Crippen LogP contribution in [0.3, 0.4) is 0 Å². The van der Waals surface area contributed by atoms with E-state index in [1.165, 1.54) is 6.92 Å². The normalized spacial score (nSPS) is 15.4. The Morgan fingerprint density at radius 3 is 2.36 bits per heavy atom. The zero-order chi connectivity index (χ0) is 23.5. The third kappa shape index (κ3) is 4.39. The van der Waals surface area contributed by atoms with Gasteiger partial charge in [0.2, 0.25) is 0 Å². The summed E-state index contributed by atoms with van der Waals surface area (Å²) in [7, 11) is 1.57. The Bertz CT molecular complexity index is 1190. The molecule has 6 nitrogen and oxygen atoms in total. The summed E-state index contributed by atoms with van der Waals surface area (Å²) in [6, 6.07) is 21.3. The van der Waals surface area contributed by atoms with Crippen molar-refractivity contribution in [1.29, 1.82) is 0 Å². The van der Waals surface area contributed by atoms with E-state index in [1.54, 1.807) is 19.2 Å². The molecule has 0 unspecified atom stereocenters. The third-order valence-electron chi connectivity index (χ3n) is 5.43. The van der Waals surface area contributed by atoms with Crippen molar-refractivity contribution in [2.75, 3.05) is 23.6 Å². The molecule has 0 aliphatic carbocycles. The van der Waals surface area contributed by atoms with Crippen LogP contribution < -0.4 is 19.4 Å². The monoisotopic (exact) mass is 463 g/mol. The Labute approximate surface area is 199 Å². The lowest BCUT2D eigenvalue weighted by molar-refractivity contribution is -0.111. The van der Waals surface area contributed by atoms with Gasteiger partial charge in [0.25, 0.3) is 0 Å². The average Bonchev–Trinajstić information content (AvgIpc) is 3.21. The first-order valence-electron chi connectivity index (χ1n) is 10.7. The molecule has 33 heavy (non-hydrogen) atoms. The van der Waals surface area contributed by atoms with E-state index in [0.717, 1.165) is 28.3 Å². The number of hydrazone groups is 1. The highest BCUT2D eigenvalue weighted by atomic mass is 35.5. The molecule has 0 saturated carbocycles. The van der Waals surface area contributed by atoms with Crippen LogP contribution in [0.15, 0.2) is 71.8 Å². The molecule has 0 N–H and O–H groups in total. The Hall–Kier alpha value is -3.51. The van der Waals surface area contributed by atoms with Gasteiger partial charge in [-0.25, -0.2) is 5.01 Å². The van der Waals surface area contributed by atoms with Gasteiger partial charge in [-0.2, -0.15) is 0 Å². The van der Waals surface area contributed by atoms with Gasteiger partial charge in [-0.05, 0) is 50.2 Å². The van der Waals surface area contributed by atoms with Crippen LogP contribution in [0.25, 0.3) is 0 Å². The molecule has 1 atom stereocenters. The number of methoxy groups -OCH3 is 1. The van der Waals surface area contributed by atoms with Crippen molar-refractivity contribution < 1.29 is 14.3 Å². The number of hydrogen-bond donors (Lipinski definition) is 0. The van der Waals surface area contributed by atoms with Gasteiger partial charge in [0.1, 0.15) is 11.5 Å². The summed E-state index contributed by atoms with van der Waals surface area (Å²) in [6.07, 6.45) is -0.459. The highest BCUT2D eigenvalue weighted by Gasteiger charge is 2.40. The van der Waals surface area contributed by atoms with E-state index in [9.17, 15) is 4.79 Å². The molecule has 170 valence electrons. The fourth-order valence-electron chi connectivity index (χ4n) is 3.89. The van der Waals surface area contributed by atoms with Crippen molar-refractivity contribution in [1.82, 2.24) is 0 Å². The molecule has 3 aromatic carbocycles. The molecular formula is C26H26ClN3O3. The number of Topliss-reactive ketones (excluding diaryl/α,β-unsaturated/α-hetero) is 1. The Kier molecular flexibility index (Phi) is 6.56. The van der Waals surface area contributed by atoms with E-state index in [2.05, 4.69) is 0 Å². The van der Waals surface area contributed by atoms with Gasteiger partial charge in [0.05, 0.1) is 24.4 Å². The smallest absolute Gasteiger partial charge is 0.198 e. The Morgan fingerprint density at radius 1 is 1.03 bits per heavy atom. The number of nitrogens with zero attached hydrogens (tertiary/aromatic N) is 3. The zero-order valence-corrected chi connectivity index (χ0v) is 19.8. The topological polar surface area (TPSA) is 54.4 Å². The van der Waals surface area contributed by atoms with Crippen LogP contribution in [0.4, 0.5) is 11.4 Å². The molecule has 1 heterocycles. The van der Waals surface area contributed by atoms with Gasteiger partial charge in [-0.15, -0.1) is 5.10 Å². The molecule has 0 saturated heterocycles. The van der Waals surface area contributed by atoms with Gasteiger partial charge in [0, 0.05) is 18.2 Å². The maximum absolute atomic E-state index is 12.8. The minimum atomic E-state index is -0.459. The number of hydrogen-bond acceptors (Lipinski definition) is 6. The Balaban J connectivity index is 1.93. The summed E-state index contributed by atoms with van der Waals surface area (Å²) in [4.78, 5) is 14.7. The maximum atomic E-state index is 12.8. The summed E-state index contributed by atoms with van der Waals surface area (Å²) >= 11 is 6.47. The first-order valence-corrected chi connectivity index (χ1v) is 11.1. The molecule has 0 spiro atoms. The number of ether oxygens (including phenoxy) is 2. The maximum Gasteiger partial charge on any atom is 0.198 e. The number of rotatable bonds is 7. The minimum Gasteiger partial charge on any atom is -0.495 e. The molecule has 4 rings (SSSR count). The molecular weight excluding hydrogens is 438 g/mol. The first kappa shape index (κ1) is 22.7. The quantitative estimate of drug-likeness (QED) is 0.431. The summed E-state index contributed by atoms with van der Waals surface area (Å²) in [6.45, 7) is 6.01. The van der Waals surface area contributed by atoms with Crippen LogP contribution in [0.5, 0.6) is 11.5 Å². The zero-order valence-electron chi connectivity index (χ0n) is 19.1. The largest absolute Gasteiger partial charge is 0.495 e. The van der Waals surface area contributed by atoms with E-state index in [-0.39, 0.29) is 5.78 Å². The molecule has 3 aromatic rings. The van der Waals surface area contributed by atoms with Crippen LogP contribution in [0, 0.1) is 6.92 Å². The number of carbonyl (C=O) groups excluding carboxylic acids is 1.